The van der Waals surface area contributed by atoms with Crippen molar-refractivity contribution in [1.29, 1.82) is 0 Å². The van der Waals surface area contributed by atoms with Gasteiger partial charge in [0.2, 0.25) is 17.7 Å². The molecule has 1 saturated carbocycles. The molecule has 2 rings (SSSR count). The molecule has 1 atom stereocenters. The summed E-state index contributed by atoms with van der Waals surface area (Å²) in [5.41, 5.74) is -0.251. The minimum Gasteiger partial charge on any atom is -0.351 e. The van der Waals surface area contributed by atoms with Crippen molar-refractivity contribution in [3.05, 3.63) is 0 Å². The molecule has 2 fully saturated rings. The Balaban J connectivity index is 1.73. The van der Waals surface area contributed by atoms with E-state index < -0.39 is 6.04 Å². The van der Waals surface area contributed by atoms with Crippen molar-refractivity contribution in [1.82, 2.24) is 15.5 Å². The smallest absolute Gasteiger partial charge is 0.247 e. The number of amides is 3. The maximum Gasteiger partial charge on any atom is 0.247 e. The van der Waals surface area contributed by atoms with Gasteiger partial charge in [0.1, 0.15) is 0 Å². The number of carbonyl (C=O) groups excluding carboxylic acids is 3. The van der Waals surface area contributed by atoms with Gasteiger partial charge in [0.15, 0.2) is 0 Å². The molecule has 2 aliphatic rings. The number of carbonyl (C=O) groups is 3. The number of likely N-dealkylation sites (tertiary alicyclic amines) is 1. The topological polar surface area (TPSA) is 78.5 Å². The third-order valence-corrected chi connectivity index (χ3v) is 3.35. The van der Waals surface area contributed by atoms with Crippen LogP contribution >= 0.6 is 0 Å². The molecular formula is C14H23N3O3. The zero-order valence-electron chi connectivity index (χ0n) is 12.4. The lowest BCUT2D eigenvalue weighted by atomic mass is 10.1. The average molecular weight is 281 g/mol. The summed E-state index contributed by atoms with van der Waals surface area (Å²) in [5.74, 6) is -0.274. The predicted molar refractivity (Wildman–Crippen MR) is 73.8 cm³/mol. The molecule has 0 aromatic carbocycles. The van der Waals surface area contributed by atoms with Crippen LogP contribution in [0, 0.1) is 0 Å². The summed E-state index contributed by atoms with van der Waals surface area (Å²) in [5, 5.41) is 5.88. The van der Waals surface area contributed by atoms with Gasteiger partial charge in [-0.3, -0.25) is 19.3 Å². The van der Waals surface area contributed by atoms with Gasteiger partial charge in [0.25, 0.3) is 0 Å². The number of hydrogen-bond acceptors (Lipinski definition) is 4. The van der Waals surface area contributed by atoms with Gasteiger partial charge in [-0.15, -0.1) is 0 Å². The summed E-state index contributed by atoms with van der Waals surface area (Å²) in [6.07, 6.45) is 2.38. The monoisotopic (exact) mass is 281 g/mol. The highest BCUT2D eigenvalue weighted by molar-refractivity contribution is 6.06. The van der Waals surface area contributed by atoms with Crippen LogP contribution in [-0.2, 0) is 14.4 Å². The quantitative estimate of drug-likeness (QED) is 0.704. The lowest BCUT2D eigenvalue weighted by Crippen LogP contribution is -2.43. The van der Waals surface area contributed by atoms with E-state index in [9.17, 15) is 14.4 Å². The zero-order valence-corrected chi connectivity index (χ0v) is 12.4. The molecule has 3 amide bonds. The zero-order chi connectivity index (χ0) is 14.9. The number of nitrogens with zero attached hydrogens (tertiary/aromatic N) is 1. The van der Waals surface area contributed by atoms with Crippen molar-refractivity contribution >= 4 is 17.7 Å². The Bertz CT molecular complexity index is 424. The van der Waals surface area contributed by atoms with E-state index in [1.807, 2.05) is 20.8 Å². The minimum absolute atomic E-state index is 0.0548. The first-order chi connectivity index (χ1) is 9.28. The molecule has 2 N–H and O–H groups in total. The lowest BCUT2D eigenvalue weighted by Gasteiger charge is -2.20. The molecule has 6 nitrogen and oxygen atoms in total. The molecule has 1 aliphatic heterocycles. The molecule has 20 heavy (non-hydrogen) atoms. The predicted octanol–water partition coefficient (Wildman–Crippen LogP) is 0.171. The second-order valence-electron chi connectivity index (χ2n) is 6.59. The van der Waals surface area contributed by atoms with E-state index in [1.54, 1.807) is 0 Å². The standard InChI is InChI=1S/C14H23N3O3/c1-14(2,3)16-11(18)6-7-15-10-8-12(19)17(13(10)20)9-4-5-9/h9-10,15H,4-8H2,1-3H3,(H,16,18). The van der Waals surface area contributed by atoms with E-state index in [0.717, 1.165) is 12.8 Å². The summed E-state index contributed by atoms with van der Waals surface area (Å²) in [6.45, 7) is 6.17. The van der Waals surface area contributed by atoms with Gasteiger partial charge in [0.05, 0.1) is 12.5 Å². The van der Waals surface area contributed by atoms with Crippen molar-refractivity contribution in [2.24, 2.45) is 0 Å². The molecule has 0 radical (unpaired) electrons. The lowest BCUT2D eigenvalue weighted by molar-refractivity contribution is -0.139. The fourth-order valence-corrected chi connectivity index (χ4v) is 2.37. The Kier molecular flexibility index (Phi) is 4.13. The first-order valence-corrected chi connectivity index (χ1v) is 7.18. The molecule has 0 aromatic rings. The normalized spacial score (nSPS) is 23.4. The molecule has 0 aromatic heterocycles. The highest BCUT2D eigenvalue weighted by Gasteiger charge is 2.45. The van der Waals surface area contributed by atoms with E-state index >= 15 is 0 Å². The van der Waals surface area contributed by atoms with E-state index in [4.69, 9.17) is 0 Å². The molecule has 1 saturated heterocycles. The first-order valence-electron chi connectivity index (χ1n) is 7.18. The van der Waals surface area contributed by atoms with E-state index in [1.165, 1.54) is 4.90 Å². The van der Waals surface area contributed by atoms with E-state index in [0.29, 0.717) is 13.0 Å². The number of hydrogen-bond donors (Lipinski definition) is 2. The number of imide groups is 1. The van der Waals surface area contributed by atoms with Gasteiger partial charge in [0, 0.05) is 24.5 Å². The third kappa shape index (κ3) is 3.79. The van der Waals surface area contributed by atoms with Gasteiger partial charge >= 0.3 is 0 Å². The van der Waals surface area contributed by atoms with Crippen LogP contribution in [0.3, 0.4) is 0 Å². The molecule has 1 heterocycles. The SMILES string of the molecule is CC(C)(C)NC(=O)CCNC1CC(=O)N(C2CC2)C1=O. The summed E-state index contributed by atoms with van der Waals surface area (Å²) < 4.78 is 0. The van der Waals surface area contributed by atoms with Crippen LogP contribution in [0.2, 0.25) is 0 Å². The van der Waals surface area contributed by atoms with Crippen LogP contribution in [0.5, 0.6) is 0 Å². The van der Waals surface area contributed by atoms with Crippen LogP contribution in [0.1, 0.15) is 46.5 Å². The summed E-state index contributed by atoms with van der Waals surface area (Å²) in [4.78, 5) is 36.8. The Morgan fingerprint density at radius 1 is 1.30 bits per heavy atom. The van der Waals surface area contributed by atoms with Crippen LogP contribution < -0.4 is 10.6 Å². The maximum atomic E-state index is 12.0. The molecule has 0 bridgehead atoms. The maximum absolute atomic E-state index is 12.0. The van der Waals surface area contributed by atoms with Crippen molar-refractivity contribution in [3.63, 3.8) is 0 Å². The van der Waals surface area contributed by atoms with E-state index in [2.05, 4.69) is 10.6 Å². The molecular weight excluding hydrogens is 258 g/mol. The fraction of sp³-hybridized carbons (Fsp3) is 0.786. The fourth-order valence-electron chi connectivity index (χ4n) is 2.37. The van der Waals surface area contributed by atoms with Crippen molar-refractivity contribution in [3.8, 4) is 0 Å². The Morgan fingerprint density at radius 3 is 2.50 bits per heavy atom. The summed E-state index contributed by atoms with van der Waals surface area (Å²) in [6, 6.07) is -0.323. The molecule has 112 valence electrons. The van der Waals surface area contributed by atoms with Gasteiger partial charge < -0.3 is 10.6 Å². The van der Waals surface area contributed by atoms with Crippen molar-refractivity contribution < 1.29 is 14.4 Å². The van der Waals surface area contributed by atoms with Crippen LogP contribution in [0.4, 0.5) is 0 Å². The van der Waals surface area contributed by atoms with Crippen LogP contribution in [-0.4, -0.2) is 46.8 Å². The summed E-state index contributed by atoms with van der Waals surface area (Å²) >= 11 is 0. The average Bonchev–Trinajstić information content (AvgIpc) is 3.05. The second kappa shape index (κ2) is 5.52. The highest BCUT2D eigenvalue weighted by Crippen LogP contribution is 2.31. The Morgan fingerprint density at radius 2 is 1.95 bits per heavy atom. The van der Waals surface area contributed by atoms with E-state index in [-0.39, 0.29) is 35.7 Å². The molecule has 0 spiro atoms. The Labute approximate surface area is 119 Å². The third-order valence-electron chi connectivity index (χ3n) is 3.35. The van der Waals surface area contributed by atoms with Crippen molar-refractivity contribution in [2.75, 3.05) is 6.54 Å². The van der Waals surface area contributed by atoms with Gasteiger partial charge in [-0.2, -0.15) is 0 Å². The second-order valence-corrected chi connectivity index (χ2v) is 6.59. The van der Waals surface area contributed by atoms with Crippen molar-refractivity contribution in [2.45, 2.75) is 64.1 Å². The number of rotatable bonds is 5. The van der Waals surface area contributed by atoms with Gasteiger partial charge in [-0.1, -0.05) is 0 Å². The minimum atomic E-state index is -0.453. The largest absolute Gasteiger partial charge is 0.351 e. The first kappa shape index (κ1) is 15.0. The van der Waals surface area contributed by atoms with Crippen LogP contribution in [0.25, 0.3) is 0 Å². The molecule has 1 unspecified atom stereocenters. The van der Waals surface area contributed by atoms with Gasteiger partial charge in [-0.25, -0.2) is 0 Å². The number of nitrogens with one attached hydrogen (secondary N) is 2. The van der Waals surface area contributed by atoms with Crippen LogP contribution in [0.15, 0.2) is 0 Å². The summed E-state index contributed by atoms with van der Waals surface area (Å²) in [7, 11) is 0. The van der Waals surface area contributed by atoms with Gasteiger partial charge in [-0.05, 0) is 33.6 Å². The Hall–Kier alpha value is -1.43. The molecule has 1 aliphatic carbocycles. The highest BCUT2D eigenvalue weighted by atomic mass is 16.2. The molecule has 6 heteroatoms.